The van der Waals surface area contributed by atoms with Gasteiger partial charge in [-0.2, -0.15) is 0 Å². The topological polar surface area (TPSA) is 35.5 Å². The summed E-state index contributed by atoms with van der Waals surface area (Å²) in [6.07, 6.45) is 2.75. The average Bonchev–Trinajstić information content (AvgIpc) is 2.70. The summed E-state index contributed by atoms with van der Waals surface area (Å²) >= 11 is 0. The molecule has 0 spiro atoms. The number of nitrogens with one attached hydrogen (secondary N) is 1. The molecule has 1 heterocycles. The highest BCUT2D eigenvalue weighted by atomic mass is 16.3. The lowest BCUT2D eigenvalue weighted by Crippen LogP contribution is -2.33. The van der Waals surface area contributed by atoms with Crippen molar-refractivity contribution in [1.82, 2.24) is 10.2 Å². The second kappa shape index (κ2) is 7.20. The molecule has 0 aromatic rings. The number of likely N-dealkylation sites (tertiary alicyclic amines) is 1. The third-order valence-corrected chi connectivity index (χ3v) is 3.07. The molecule has 1 saturated heterocycles. The fourth-order valence-electron chi connectivity index (χ4n) is 2.11. The minimum atomic E-state index is 0.285. The van der Waals surface area contributed by atoms with Crippen LogP contribution in [-0.2, 0) is 0 Å². The van der Waals surface area contributed by atoms with Crippen molar-refractivity contribution in [2.24, 2.45) is 11.8 Å². The molecule has 0 bridgehead atoms. The largest absolute Gasteiger partial charge is 0.396 e. The Morgan fingerprint density at radius 2 is 1.73 bits per heavy atom. The Hall–Kier alpha value is -0.120. The number of aliphatic hydroxyl groups excluding tert-OH is 1. The van der Waals surface area contributed by atoms with Crippen LogP contribution in [0.5, 0.6) is 0 Å². The minimum absolute atomic E-state index is 0.285. The quantitative estimate of drug-likeness (QED) is 0.662. The van der Waals surface area contributed by atoms with Gasteiger partial charge < -0.3 is 15.3 Å². The van der Waals surface area contributed by atoms with Gasteiger partial charge in [0.05, 0.1) is 0 Å². The minimum Gasteiger partial charge on any atom is -0.396 e. The summed E-state index contributed by atoms with van der Waals surface area (Å²) in [7, 11) is 0. The molecule has 3 heteroatoms. The second-order valence-electron chi connectivity index (χ2n) is 5.06. The summed E-state index contributed by atoms with van der Waals surface area (Å²) in [4.78, 5) is 2.56. The summed E-state index contributed by atoms with van der Waals surface area (Å²) in [6, 6.07) is 0. The Balaban J connectivity index is 2.00. The molecule has 15 heavy (non-hydrogen) atoms. The highest BCUT2D eigenvalue weighted by molar-refractivity contribution is 4.70. The zero-order chi connectivity index (χ0) is 11.1. The van der Waals surface area contributed by atoms with E-state index >= 15 is 0 Å². The molecule has 0 amide bonds. The van der Waals surface area contributed by atoms with E-state index in [1.165, 1.54) is 32.5 Å². The van der Waals surface area contributed by atoms with Crippen LogP contribution in [0.3, 0.4) is 0 Å². The third kappa shape index (κ3) is 5.50. The normalized spacial score (nSPS) is 21.8. The van der Waals surface area contributed by atoms with Crippen molar-refractivity contribution >= 4 is 0 Å². The fraction of sp³-hybridized carbons (Fsp3) is 1.00. The van der Waals surface area contributed by atoms with E-state index in [1.807, 2.05) is 0 Å². The molecule has 1 rings (SSSR count). The van der Waals surface area contributed by atoms with Crippen LogP contribution in [-0.4, -0.2) is 49.3 Å². The number of hydrogen-bond donors (Lipinski definition) is 2. The van der Waals surface area contributed by atoms with E-state index < -0.39 is 0 Å². The first-order valence-corrected chi connectivity index (χ1v) is 6.26. The SMILES string of the molecule is CC(CO)CNCC(C)CN1CCCC1. The van der Waals surface area contributed by atoms with Gasteiger partial charge >= 0.3 is 0 Å². The first-order chi connectivity index (χ1) is 7.22. The predicted molar refractivity (Wildman–Crippen MR) is 64.0 cm³/mol. The van der Waals surface area contributed by atoms with Crippen molar-refractivity contribution < 1.29 is 5.11 Å². The van der Waals surface area contributed by atoms with Crippen molar-refractivity contribution in [3.63, 3.8) is 0 Å². The molecule has 2 N–H and O–H groups in total. The maximum absolute atomic E-state index is 8.88. The van der Waals surface area contributed by atoms with Crippen molar-refractivity contribution in [3.05, 3.63) is 0 Å². The van der Waals surface area contributed by atoms with E-state index in [4.69, 9.17) is 5.11 Å². The van der Waals surface area contributed by atoms with Gasteiger partial charge in [0, 0.05) is 13.2 Å². The lowest BCUT2D eigenvalue weighted by atomic mass is 10.1. The zero-order valence-corrected chi connectivity index (χ0v) is 10.2. The summed E-state index contributed by atoms with van der Waals surface area (Å²) in [5.41, 5.74) is 0. The van der Waals surface area contributed by atoms with E-state index in [1.54, 1.807) is 0 Å². The summed E-state index contributed by atoms with van der Waals surface area (Å²) in [6.45, 7) is 10.5. The van der Waals surface area contributed by atoms with Crippen LogP contribution < -0.4 is 5.32 Å². The predicted octanol–water partition coefficient (Wildman–Crippen LogP) is 0.936. The van der Waals surface area contributed by atoms with Crippen molar-refractivity contribution in [2.45, 2.75) is 26.7 Å². The summed E-state index contributed by atoms with van der Waals surface area (Å²) < 4.78 is 0. The van der Waals surface area contributed by atoms with Crippen molar-refractivity contribution in [3.8, 4) is 0 Å². The molecule has 1 aliphatic rings. The Bertz CT molecular complexity index is 158. The molecule has 0 aromatic carbocycles. The molecular formula is C12H26N2O. The molecular weight excluding hydrogens is 188 g/mol. The van der Waals surface area contributed by atoms with Gasteiger partial charge in [-0.05, 0) is 50.9 Å². The first kappa shape index (κ1) is 12.9. The number of aliphatic hydroxyl groups is 1. The van der Waals surface area contributed by atoms with Crippen molar-refractivity contribution in [1.29, 1.82) is 0 Å². The zero-order valence-electron chi connectivity index (χ0n) is 10.2. The number of hydrogen-bond acceptors (Lipinski definition) is 3. The van der Waals surface area contributed by atoms with E-state index in [-0.39, 0.29) is 6.61 Å². The van der Waals surface area contributed by atoms with Gasteiger partial charge in [-0.25, -0.2) is 0 Å². The Morgan fingerprint density at radius 3 is 2.33 bits per heavy atom. The Labute approximate surface area is 93.9 Å². The maximum Gasteiger partial charge on any atom is 0.0468 e. The molecule has 1 fully saturated rings. The van der Waals surface area contributed by atoms with Gasteiger partial charge in [0.2, 0.25) is 0 Å². The van der Waals surface area contributed by atoms with Gasteiger partial charge in [0.1, 0.15) is 0 Å². The molecule has 0 aromatic heterocycles. The van der Waals surface area contributed by atoms with Crippen LogP contribution >= 0.6 is 0 Å². The summed E-state index contributed by atoms with van der Waals surface area (Å²) in [5, 5.41) is 12.3. The van der Waals surface area contributed by atoms with E-state index in [9.17, 15) is 0 Å². The van der Waals surface area contributed by atoms with Crippen LogP contribution in [0, 0.1) is 11.8 Å². The van der Waals surface area contributed by atoms with E-state index in [2.05, 4.69) is 24.1 Å². The van der Waals surface area contributed by atoms with Crippen LogP contribution in [0.4, 0.5) is 0 Å². The molecule has 2 atom stereocenters. The van der Waals surface area contributed by atoms with Crippen molar-refractivity contribution in [2.75, 3.05) is 39.3 Å². The lowest BCUT2D eigenvalue weighted by Gasteiger charge is -2.21. The molecule has 3 nitrogen and oxygen atoms in total. The van der Waals surface area contributed by atoms with Gasteiger partial charge in [-0.1, -0.05) is 13.8 Å². The maximum atomic E-state index is 8.88. The molecule has 1 aliphatic heterocycles. The van der Waals surface area contributed by atoms with Gasteiger partial charge in [0.15, 0.2) is 0 Å². The Kier molecular flexibility index (Phi) is 6.22. The average molecular weight is 214 g/mol. The van der Waals surface area contributed by atoms with E-state index in [0.717, 1.165) is 13.1 Å². The molecule has 0 saturated carbocycles. The van der Waals surface area contributed by atoms with Crippen LogP contribution in [0.1, 0.15) is 26.7 Å². The second-order valence-corrected chi connectivity index (χ2v) is 5.06. The Morgan fingerprint density at radius 1 is 1.13 bits per heavy atom. The van der Waals surface area contributed by atoms with Crippen LogP contribution in [0.25, 0.3) is 0 Å². The van der Waals surface area contributed by atoms with Crippen LogP contribution in [0.2, 0.25) is 0 Å². The van der Waals surface area contributed by atoms with Gasteiger partial charge in [0.25, 0.3) is 0 Å². The molecule has 0 aliphatic carbocycles. The molecule has 0 radical (unpaired) electrons. The monoisotopic (exact) mass is 214 g/mol. The smallest absolute Gasteiger partial charge is 0.0468 e. The lowest BCUT2D eigenvalue weighted by molar-refractivity contribution is 0.228. The standard InChI is InChI=1S/C12H26N2O/c1-11(7-13-8-12(2)10-15)9-14-5-3-4-6-14/h11-13,15H,3-10H2,1-2H3. The highest BCUT2D eigenvalue weighted by Crippen LogP contribution is 2.09. The highest BCUT2D eigenvalue weighted by Gasteiger charge is 2.14. The van der Waals surface area contributed by atoms with Gasteiger partial charge in [-0.15, -0.1) is 0 Å². The molecule has 2 unspecified atom stereocenters. The fourth-order valence-corrected chi connectivity index (χ4v) is 2.11. The van der Waals surface area contributed by atoms with Crippen LogP contribution in [0.15, 0.2) is 0 Å². The van der Waals surface area contributed by atoms with E-state index in [0.29, 0.717) is 11.8 Å². The summed E-state index contributed by atoms with van der Waals surface area (Å²) in [5.74, 6) is 1.10. The number of nitrogens with zero attached hydrogens (tertiary/aromatic N) is 1. The molecule has 90 valence electrons. The number of rotatable bonds is 7. The van der Waals surface area contributed by atoms with Gasteiger partial charge in [-0.3, -0.25) is 0 Å². The first-order valence-electron chi connectivity index (χ1n) is 6.26. The third-order valence-electron chi connectivity index (χ3n) is 3.07.